The van der Waals surface area contributed by atoms with Gasteiger partial charge in [0.05, 0.1) is 28.3 Å². The van der Waals surface area contributed by atoms with Gasteiger partial charge >= 0.3 is 18.2 Å². The minimum atomic E-state index is -0.977. The monoisotopic (exact) mass is 936 g/mol. The fourth-order valence-corrected chi connectivity index (χ4v) is 6.39. The number of amides is 5. The number of nitrogen functional groups attached to an aromatic ring is 1. The fraction of sp³-hybridized carbons (Fsp3) is 0.222. The van der Waals surface area contributed by atoms with Crippen LogP contribution in [-0.4, -0.2) is 52.2 Å². The van der Waals surface area contributed by atoms with E-state index in [2.05, 4.69) is 39.6 Å². The molecule has 0 radical (unpaired) electrons. The topological polar surface area (TPSA) is 227 Å². The van der Waals surface area contributed by atoms with E-state index in [1.165, 1.54) is 31.5 Å². The molecule has 6 aromatic carbocycles. The minimum Gasteiger partial charge on any atom is -0.478 e. The van der Waals surface area contributed by atoms with E-state index in [1.807, 2.05) is 94.4 Å². The molecule has 0 aliphatic carbocycles. The Morgan fingerprint density at radius 3 is 1.29 bits per heavy atom. The molecule has 0 saturated carbocycles. The second kappa shape index (κ2) is 23.8. The third kappa shape index (κ3) is 17.7. The maximum absolute atomic E-state index is 13.0. The van der Waals surface area contributed by atoms with Gasteiger partial charge < -0.3 is 36.3 Å². The van der Waals surface area contributed by atoms with Crippen molar-refractivity contribution >= 4 is 70.0 Å². The molecule has 0 spiro atoms. The molecule has 6 rings (SSSR count). The maximum atomic E-state index is 13.0. The average Bonchev–Trinajstić information content (AvgIpc) is 3.24. The molecule has 6 aromatic rings. The molecular weight excluding hydrogens is 877 g/mol. The Hall–Kier alpha value is -8.46. The Balaban J connectivity index is 0.000000252. The van der Waals surface area contributed by atoms with Gasteiger partial charge in [0.25, 0.3) is 5.91 Å². The maximum Gasteiger partial charge on any atom is 0.412 e. The van der Waals surface area contributed by atoms with Gasteiger partial charge in [0.2, 0.25) is 11.8 Å². The summed E-state index contributed by atoms with van der Waals surface area (Å²) in [6.45, 7) is 17.7. The quantitative estimate of drug-likeness (QED) is 0.0678. The standard InChI is InChI=1S/C27H29N3O4.C18H22N2O2.C9H9NO3/c1-17-8-6-7-9-22(17)20-12-15-23(30-26(33)34-27(3,4)5)24(16-20)29-25(32)19-10-13-21(14-11-19)28-18(2)31;1-12-7-5-6-8-14(12)13-9-10-16(15(19)11-13)20-17(21)22-18(2,3)4;1-6(11)10-8-4-2-7(3-5-8)9(12)13/h6-16H,1-5H3,(H,28,31)(H,29,32)(H,30,33);5-11H,19H2,1-4H3,(H,20,21);2-5H,1H3,(H,10,11)(H,12,13). The zero-order valence-corrected chi connectivity index (χ0v) is 40.5. The van der Waals surface area contributed by atoms with Crippen molar-refractivity contribution < 1.29 is 43.3 Å². The van der Waals surface area contributed by atoms with Crippen LogP contribution in [0.2, 0.25) is 0 Å². The van der Waals surface area contributed by atoms with Crippen molar-refractivity contribution in [1.82, 2.24) is 0 Å². The van der Waals surface area contributed by atoms with E-state index >= 15 is 0 Å². The Morgan fingerprint density at radius 1 is 0.478 bits per heavy atom. The largest absolute Gasteiger partial charge is 0.478 e. The van der Waals surface area contributed by atoms with Crippen LogP contribution in [0.1, 0.15) is 87.2 Å². The van der Waals surface area contributed by atoms with Crippen molar-refractivity contribution in [1.29, 1.82) is 0 Å². The molecule has 0 aliphatic heterocycles. The number of carbonyl (C=O) groups excluding carboxylic acids is 5. The number of carboxylic acid groups (broad SMARTS) is 1. The predicted molar refractivity (Wildman–Crippen MR) is 274 cm³/mol. The molecule has 360 valence electrons. The number of nitrogens with one attached hydrogen (secondary N) is 5. The van der Waals surface area contributed by atoms with Crippen LogP contribution in [0.15, 0.2) is 133 Å². The highest BCUT2D eigenvalue weighted by Crippen LogP contribution is 2.32. The van der Waals surface area contributed by atoms with Gasteiger partial charge in [-0.15, -0.1) is 0 Å². The molecule has 0 saturated heterocycles. The first-order chi connectivity index (χ1) is 32.4. The van der Waals surface area contributed by atoms with E-state index in [4.69, 9.17) is 20.3 Å². The van der Waals surface area contributed by atoms with E-state index in [9.17, 15) is 28.8 Å². The van der Waals surface area contributed by atoms with E-state index in [0.717, 1.165) is 27.8 Å². The summed E-state index contributed by atoms with van der Waals surface area (Å²) in [6.07, 6.45) is -1.13. The van der Waals surface area contributed by atoms with Crippen LogP contribution in [0, 0.1) is 13.8 Å². The van der Waals surface area contributed by atoms with Crippen LogP contribution in [-0.2, 0) is 19.1 Å². The van der Waals surface area contributed by atoms with Gasteiger partial charge in [-0.25, -0.2) is 14.4 Å². The summed E-state index contributed by atoms with van der Waals surface area (Å²) in [7, 11) is 0. The van der Waals surface area contributed by atoms with E-state index < -0.39 is 29.4 Å². The molecule has 0 unspecified atom stereocenters. The second-order valence-electron chi connectivity index (χ2n) is 17.7. The Morgan fingerprint density at radius 2 is 0.884 bits per heavy atom. The lowest BCUT2D eigenvalue weighted by atomic mass is 9.99. The van der Waals surface area contributed by atoms with E-state index in [-0.39, 0.29) is 23.3 Å². The highest BCUT2D eigenvalue weighted by molar-refractivity contribution is 6.08. The minimum absolute atomic E-state index is 0.178. The highest BCUT2D eigenvalue weighted by atomic mass is 16.6. The summed E-state index contributed by atoms with van der Waals surface area (Å²) >= 11 is 0. The summed E-state index contributed by atoms with van der Waals surface area (Å²) in [5, 5.41) is 22.1. The number of hydrogen-bond acceptors (Lipinski definition) is 9. The van der Waals surface area contributed by atoms with E-state index in [0.29, 0.717) is 39.7 Å². The van der Waals surface area contributed by atoms with Crippen LogP contribution < -0.4 is 32.3 Å². The van der Waals surface area contributed by atoms with Crippen molar-refractivity contribution in [3.8, 4) is 22.3 Å². The van der Waals surface area contributed by atoms with Gasteiger partial charge in [-0.3, -0.25) is 25.0 Å². The molecule has 15 heteroatoms. The molecule has 5 amide bonds. The van der Waals surface area contributed by atoms with Crippen LogP contribution in [0.25, 0.3) is 22.3 Å². The van der Waals surface area contributed by atoms with Gasteiger partial charge in [-0.1, -0.05) is 60.7 Å². The second-order valence-corrected chi connectivity index (χ2v) is 17.7. The third-order valence-electron chi connectivity index (χ3n) is 9.42. The van der Waals surface area contributed by atoms with Gasteiger partial charge in [0, 0.05) is 30.8 Å². The number of hydrogen-bond donors (Lipinski definition) is 7. The highest BCUT2D eigenvalue weighted by Gasteiger charge is 2.20. The lowest BCUT2D eigenvalue weighted by Crippen LogP contribution is -2.27. The number of carboxylic acids is 1. The molecular formula is C54H60N6O9. The Labute approximate surface area is 402 Å². The summed E-state index contributed by atoms with van der Waals surface area (Å²) in [4.78, 5) is 69.5. The van der Waals surface area contributed by atoms with Crippen LogP contribution in [0.3, 0.4) is 0 Å². The normalized spacial score (nSPS) is 10.6. The van der Waals surface area contributed by atoms with Crippen LogP contribution in [0.5, 0.6) is 0 Å². The SMILES string of the molecule is CC(=O)Nc1ccc(C(=O)Nc2cc(-c3ccccc3C)ccc2NC(=O)OC(C)(C)C)cc1.CC(=O)Nc1ccc(C(=O)O)cc1.Cc1ccccc1-c1ccc(NC(=O)OC(C)(C)C)c(N)c1. The van der Waals surface area contributed by atoms with Crippen molar-refractivity contribution in [2.45, 2.75) is 80.4 Å². The number of ether oxygens (including phenoxy) is 2. The molecule has 69 heavy (non-hydrogen) atoms. The number of aryl methyl sites for hydroxylation is 2. The summed E-state index contributed by atoms with van der Waals surface area (Å²) in [5.74, 6) is -1.70. The summed E-state index contributed by atoms with van der Waals surface area (Å²) < 4.78 is 10.6. The Bertz CT molecular complexity index is 2790. The zero-order chi connectivity index (χ0) is 51.1. The predicted octanol–water partition coefficient (Wildman–Crippen LogP) is 12.2. The zero-order valence-electron chi connectivity index (χ0n) is 40.5. The van der Waals surface area contributed by atoms with E-state index in [1.54, 1.807) is 69.3 Å². The van der Waals surface area contributed by atoms with Crippen molar-refractivity contribution in [3.05, 3.63) is 156 Å². The Kier molecular flexibility index (Phi) is 18.4. The molecule has 0 fully saturated rings. The summed E-state index contributed by atoms with van der Waals surface area (Å²) in [5.41, 5.74) is 14.8. The number of carbonyl (C=O) groups is 6. The molecule has 0 bridgehead atoms. The molecule has 0 atom stereocenters. The van der Waals surface area contributed by atoms with Gasteiger partial charge in [-0.2, -0.15) is 0 Å². The molecule has 0 aliphatic rings. The van der Waals surface area contributed by atoms with Crippen molar-refractivity contribution in [3.63, 3.8) is 0 Å². The number of nitrogens with two attached hydrogens (primary N) is 1. The molecule has 0 aromatic heterocycles. The third-order valence-corrected chi connectivity index (χ3v) is 9.42. The first-order valence-electron chi connectivity index (χ1n) is 21.8. The van der Waals surface area contributed by atoms with Gasteiger partial charge in [-0.05, 0) is 162 Å². The first-order valence-corrected chi connectivity index (χ1v) is 21.8. The number of aromatic carboxylic acids is 1. The molecule has 0 heterocycles. The average molecular weight is 937 g/mol. The van der Waals surface area contributed by atoms with Gasteiger partial charge in [0.1, 0.15) is 11.2 Å². The first kappa shape index (κ1) is 53.2. The van der Waals surface area contributed by atoms with Crippen LogP contribution >= 0.6 is 0 Å². The van der Waals surface area contributed by atoms with Crippen molar-refractivity contribution in [2.75, 3.05) is 32.3 Å². The molecule has 15 nitrogen and oxygen atoms in total. The lowest BCUT2D eigenvalue weighted by molar-refractivity contribution is -0.115. The smallest absolute Gasteiger partial charge is 0.412 e. The number of anilines is 6. The number of rotatable bonds is 9. The van der Waals surface area contributed by atoms with Crippen molar-refractivity contribution in [2.24, 2.45) is 0 Å². The van der Waals surface area contributed by atoms with Crippen LogP contribution in [0.4, 0.5) is 43.7 Å². The lowest BCUT2D eigenvalue weighted by Gasteiger charge is -2.21. The fourth-order valence-electron chi connectivity index (χ4n) is 6.39. The molecule has 8 N–H and O–H groups in total. The number of benzene rings is 6. The van der Waals surface area contributed by atoms with Gasteiger partial charge in [0.15, 0.2) is 0 Å². The summed E-state index contributed by atoms with van der Waals surface area (Å²) in [6, 6.07) is 39.5.